The molecule has 0 fully saturated rings. The first-order valence-electron chi connectivity index (χ1n) is 4.23. The number of aryl methyl sites for hydroxylation is 1. The minimum Gasteiger partial charge on any atom is -0.388 e. The zero-order valence-corrected chi connectivity index (χ0v) is 9.68. The van der Waals surface area contributed by atoms with Crippen molar-refractivity contribution in [2.45, 2.75) is 48.7 Å². The lowest BCUT2D eigenvalue weighted by molar-refractivity contribution is 0.263. The van der Waals surface area contributed by atoms with E-state index in [9.17, 15) is 0 Å². The standard InChI is InChI=1S/C4H6N2O2.2C2H6.CH4.ClH/c1-3-5-4(2-7)6-8-3;2*1-2;;/h7H,2H2,1H3;2*1-2H3;1H4;1H. The zero-order chi connectivity index (χ0) is 9.98. The monoisotopic (exact) mass is 226 g/mol. The van der Waals surface area contributed by atoms with Gasteiger partial charge in [0.1, 0.15) is 6.61 Å². The molecule has 0 atom stereocenters. The molecule has 1 aromatic rings. The van der Waals surface area contributed by atoms with E-state index in [2.05, 4.69) is 14.7 Å². The SMILES string of the molecule is C.CC.CC.Cc1nc(CO)no1.Cl. The van der Waals surface area contributed by atoms with E-state index in [0.717, 1.165) is 0 Å². The summed E-state index contributed by atoms with van der Waals surface area (Å²) in [6.07, 6.45) is 0. The van der Waals surface area contributed by atoms with E-state index in [4.69, 9.17) is 5.11 Å². The lowest BCUT2D eigenvalue weighted by Gasteiger charge is -1.74. The molecule has 14 heavy (non-hydrogen) atoms. The fourth-order valence-electron chi connectivity index (χ4n) is 0.406. The Kier molecular flexibility index (Phi) is 30.4. The van der Waals surface area contributed by atoms with Crippen molar-refractivity contribution < 1.29 is 9.63 Å². The highest BCUT2D eigenvalue weighted by atomic mass is 35.5. The van der Waals surface area contributed by atoms with Crippen LogP contribution in [0, 0.1) is 6.92 Å². The van der Waals surface area contributed by atoms with Gasteiger partial charge in [0.25, 0.3) is 0 Å². The summed E-state index contributed by atoms with van der Waals surface area (Å²) in [7, 11) is 0. The molecular weight excluding hydrogens is 204 g/mol. The molecule has 0 aromatic carbocycles. The molecule has 0 unspecified atom stereocenters. The molecule has 1 N–H and O–H groups in total. The molecule has 0 aliphatic carbocycles. The fraction of sp³-hybridized carbons (Fsp3) is 0.778. The van der Waals surface area contributed by atoms with Crippen LogP contribution in [0.15, 0.2) is 4.52 Å². The van der Waals surface area contributed by atoms with Crippen LogP contribution in [-0.2, 0) is 6.61 Å². The number of rotatable bonds is 1. The minimum absolute atomic E-state index is 0. The van der Waals surface area contributed by atoms with Gasteiger partial charge in [0, 0.05) is 6.92 Å². The molecule has 0 amide bonds. The number of aliphatic hydroxyl groups excluding tert-OH is 1. The number of hydrogen-bond donors (Lipinski definition) is 1. The molecule has 0 saturated carbocycles. The van der Waals surface area contributed by atoms with Crippen LogP contribution in [0.1, 0.15) is 46.8 Å². The van der Waals surface area contributed by atoms with Gasteiger partial charge in [0.15, 0.2) is 5.82 Å². The number of aliphatic hydroxyl groups is 1. The van der Waals surface area contributed by atoms with E-state index < -0.39 is 0 Å². The Morgan fingerprint density at radius 2 is 1.64 bits per heavy atom. The van der Waals surface area contributed by atoms with Gasteiger partial charge in [-0.15, -0.1) is 12.4 Å². The van der Waals surface area contributed by atoms with Crippen LogP contribution in [0.25, 0.3) is 0 Å². The molecule has 1 rings (SSSR count). The van der Waals surface area contributed by atoms with E-state index >= 15 is 0 Å². The van der Waals surface area contributed by atoms with Gasteiger partial charge in [-0.2, -0.15) is 4.98 Å². The molecule has 1 heterocycles. The number of aromatic nitrogens is 2. The lowest BCUT2D eigenvalue weighted by atomic mass is 10.7. The first-order valence-corrected chi connectivity index (χ1v) is 4.23. The fourth-order valence-corrected chi connectivity index (χ4v) is 0.406. The molecule has 88 valence electrons. The first-order chi connectivity index (χ1) is 5.83. The van der Waals surface area contributed by atoms with Gasteiger partial charge in [-0.05, 0) is 0 Å². The Bertz CT molecular complexity index is 181. The van der Waals surface area contributed by atoms with Gasteiger partial charge < -0.3 is 9.63 Å². The molecular formula is C9H23ClN2O2. The Hall–Kier alpha value is -0.610. The van der Waals surface area contributed by atoms with Crippen LogP contribution in [0.4, 0.5) is 0 Å². The van der Waals surface area contributed by atoms with Crippen molar-refractivity contribution in [1.82, 2.24) is 10.1 Å². The van der Waals surface area contributed by atoms with Crippen molar-refractivity contribution >= 4 is 12.4 Å². The normalized spacial score (nSPS) is 6.43. The predicted octanol–water partition coefficient (Wildman–Crippen LogP) is 2.98. The second-order valence-electron chi connectivity index (χ2n) is 1.39. The number of hydrogen-bond acceptors (Lipinski definition) is 4. The van der Waals surface area contributed by atoms with Crippen molar-refractivity contribution in [1.29, 1.82) is 0 Å². The lowest BCUT2D eigenvalue weighted by Crippen LogP contribution is -1.83. The summed E-state index contributed by atoms with van der Waals surface area (Å²) in [5, 5.41) is 11.8. The summed E-state index contributed by atoms with van der Waals surface area (Å²) < 4.78 is 4.53. The molecule has 0 spiro atoms. The van der Waals surface area contributed by atoms with E-state index in [1.807, 2.05) is 27.7 Å². The highest BCUT2D eigenvalue weighted by molar-refractivity contribution is 5.85. The van der Waals surface area contributed by atoms with E-state index in [1.54, 1.807) is 6.92 Å². The van der Waals surface area contributed by atoms with E-state index in [0.29, 0.717) is 11.7 Å². The van der Waals surface area contributed by atoms with Crippen LogP contribution >= 0.6 is 12.4 Å². The van der Waals surface area contributed by atoms with Crippen molar-refractivity contribution in [3.63, 3.8) is 0 Å². The Morgan fingerprint density at radius 3 is 1.79 bits per heavy atom. The highest BCUT2D eigenvalue weighted by Crippen LogP contribution is 1.92. The predicted molar refractivity (Wildman–Crippen MR) is 61.6 cm³/mol. The second-order valence-corrected chi connectivity index (χ2v) is 1.39. The smallest absolute Gasteiger partial charge is 0.223 e. The molecule has 1 aromatic heterocycles. The third-order valence-corrected chi connectivity index (χ3v) is 0.711. The van der Waals surface area contributed by atoms with E-state index in [1.165, 1.54) is 0 Å². The highest BCUT2D eigenvalue weighted by Gasteiger charge is 1.96. The maximum atomic E-state index is 8.37. The van der Waals surface area contributed by atoms with Crippen molar-refractivity contribution in [2.24, 2.45) is 0 Å². The summed E-state index contributed by atoms with van der Waals surface area (Å²) in [5.74, 6) is 0.816. The second kappa shape index (κ2) is 18.2. The molecule has 0 radical (unpaired) electrons. The van der Waals surface area contributed by atoms with Crippen LogP contribution in [-0.4, -0.2) is 15.2 Å². The molecule has 0 aliphatic rings. The molecule has 0 aliphatic heterocycles. The van der Waals surface area contributed by atoms with Crippen molar-refractivity contribution in [3.05, 3.63) is 11.7 Å². The van der Waals surface area contributed by atoms with Crippen LogP contribution in [0.2, 0.25) is 0 Å². The van der Waals surface area contributed by atoms with Crippen LogP contribution in [0.3, 0.4) is 0 Å². The summed E-state index contributed by atoms with van der Waals surface area (Å²) in [6, 6.07) is 0. The topological polar surface area (TPSA) is 59.2 Å². The van der Waals surface area contributed by atoms with Gasteiger partial charge in [0.2, 0.25) is 5.89 Å². The van der Waals surface area contributed by atoms with Gasteiger partial charge in [-0.1, -0.05) is 40.3 Å². The Balaban J connectivity index is -0.0000000750. The zero-order valence-electron chi connectivity index (χ0n) is 8.87. The van der Waals surface area contributed by atoms with Gasteiger partial charge >= 0.3 is 0 Å². The van der Waals surface area contributed by atoms with Gasteiger partial charge in [-0.25, -0.2) is 0 Å². The number of halogens is 1. The van der Waals surface area contributed by atoms with Gasteiger partial charge in [-0.3, -0.25) is 0 Å². The molecule has 0 saturated heterocycles. The minimum atomic E-state index is -0.155. The third kappa shape index (κ3) is 11.4. The van der Waals surface area contributed by atoms with E-state index in [-0.39, 0.29) is 26.4 Å². The first kappa shape index (κ1) is 23.3. The largest absolute Gasteiger partial charge is 0.388 e. The summed E-state index contributed by atoms with van der Waals surface area (Å²) in [5.41, 5.74) is 0. The van der Waals surface area contributed by atoms with Crippen molar-refractivity contribution in [2.75, 3.05) is 0 Å². The summed E-state index contributed by atoms with van der Waals surface area (Å²) in [4.78, 5) is 3.70. The van der Waals surface area contributed by atoms with Crippen LogP contribution in [0.5, 0.6) is 0 Å². The maximum absolute atomic E-state index is 8.37. The maximum Gasteiger partial charge on any atom is 0.223 e. The molecule has 4 nitrogen and oxygen atoms in total. The Morgan fingerprint density at radius 1 is 1.21 bits per heavy atom. The van der Waals surface area contributed by atoms with Crippen molar-refractivity contribution in [3.8, 4) is 0 Å². The molecule has 5 heteroatoms. The Labute approximate surface area is 93.1 Å². The quantitative estimate of drug-likeness (QED) is 0.800. The van der Waals surface area contributed by atoms with Crippen LogP contribution < -0.4 is 0 Å². The summed E-state index contributed by atoms with van der Waals surface area (Å²) >= 11 is 0. The molecule has 0 bridgehead atoms. The third-order valence-electron chi connectivity index (χ3n) is 0.711. The van der Waals surface area contributed by atoms with Gasteiger partial charge in [0.05, 0.1) is 0 Å². The average Bonchev–Trinajstić information content (AvgIpc) is 2.58. The summed E-state index contributed by atoms with van der Waals surface area (Å²) in [6.45, 7) is 9.52. The number of nitrogens with zero attached hydrogens (tertiary/aromatic N) is 2. The average molecular weight is 227 g/mol.